The predicted molar refractivity (Wildman–Crippen MR) is 85.8 cm³/mol. The van der Waals surface area contributed by atoms with Crippen molar-refractivity contribution >= 4 is 17.1 Å². The fourth-order valence-corrected chi connectivity index (χ4v) is 2.28. The van der Waals surface area contributed by atoms with Crippen molar-refractivity contribution < 1.29 is 0 Å². The lowest BCUT2D eigenvalue weighted by molar-refractivity contribution is 0.700. The predicted octanol–water partition coefficient (Wildman–Crippen LogP) is 2.98. The van der Waals surface area contributed by atoms with Gasteiger partial charge in [-0.2, -0.15) is 4.98 Å². The fourth-order valence-electron chi connectivity index (χ4n) is 2.28. The summed E-state index contributed by atoms with van der Waals surface area (Å²) in [6, 6.07) is 0. The van der Waals surface area contributed by atoms with Crippen molar-refractivity contribution in [2.24, 2.45) is 0 Å². The SMILES string of the molecule is CCCCCNc1nc2nc(CCCCC)[nH]c2c(=O)[nH]1. The number of H-pyrrole nitrogens is 2. The van der Waals surface area contributed by atoms with Gasteiger partial charge in [-0.3, -0.25) is 9.78 Å². The van der Waals surface area contributed by atoms with Gasteiger partial charge in [0.1, 0.15) is 5.82 Å². The Morgan fingerprint density at radius 1 is 1.00 bits per heavy atom. The van der Waals surface area contributed by atoms with E-state index in [2.05, 4.69) is 39.1 Å². The number of anilines is 1. The molecule has 6 heteroatoms. The molecule has 0 unspecified atom stereocenters. The maximum Gasteiger partial charge on any atom is 0.278 e. The Bertz CT molecular complexity index is 616. The van der Waals surface area contributed by atoms with E-state index in [0.717, 1.165) is 31.6 Å². The minimum Gasteiger partial charge on any atom is -0.356 e. The molecule has 0 saturated carbocycles. The summed E-state index contributed by atoms with van der Waals surface area (Å²) in [7, 11) is 0. The highest BCUT2D eigenvalue weighted by atomic mass is 16.1. The van der Waals surface area contributed by atoms with Crippen LogP contribution in [0.1, 0.15) is 58.2 Å². The van der Waals surface area contributed by atoms with Gasteiger partial charge in [0.2, 0.25) is 5.95 Å². The van der Waals surface area contributed by atoms with Crippen molar-refractivity contribution in [2.45, 2.75) is 58.8 Å². The Morgan fingerprint density at radius 3 is 2.52 bits per heavy atom. The van der Waals surface area contributed by atoms with Crippen molar-refractivity contribution in [3.8, 4) is 0 Å². The largest absolute Gasteiger partial charge is 0.356 e. The fraction of sp³-hybridized carbons (Fsp3) is 0.667. The number of aromatic amines is 2. The Labute approximate surface area is 124 Å². The van der Waals surface area contributed by atoms with Gasteiger partial charge >= 0.3 is 0 Å². The van der Waals surface area contributed by atoms with Gasteiger partial charge in [-0.25, -0.2) is 4.98 Å². The standard InChI is InChI=1S/C15H25N5O/c1-3-5-7-9-11-17-12-13(18-11)19-15(20-14(12)21)16-10-8-6-4-2/h3-10H2,1-2H3,(H3,16,17,18,19,20,21). The van der Waals surface area contributed by atoms with Crippen LogP contribution in [0.25, 0.3) is 11.2 Å². The van der Waals surface area contributed by atoms with E-state index in [1.54, 1.807) is 0 Å². The molecule has 2 heterocycles. The molecule has 0 aromatic carbocycles. The number of hydrogen-bond acceptors (Lipinski definition) is 4. The van der Waals surface area contributed by atoms with E-state index in [4.69, 9.17) is 0 Å². The third-order valence-electron chi connectivity index (χ3n) is 3.50. The number of rotatable bonds is 9. The molecule has 0 aliphatic rings. The maximum atomic E-state index is 12.0. The molecule has 0 amide bonds. The van der Waals surface area contributed by atoms with E-state index in [0.29, 0.717) is 17.1 Å². The number of hydrogen-bond donors (Lipinski definition) is 3. The van der Waals surface area contributed by atoms with Crippen molar-refractivity contribution in [3.63, 3.8) is 0 Å². The minimum atomic E-state index is -0.160. The molecule has 116 valence electrons. The van der Waals surface area contributed by atoms with Gasteiger partial charge < -0.3 is 10.3 Å². The van der Waals surface area contributed by atoms with Gasteiger partial charge in [-0.15, -0.1) is 0 Å². The van der Waals surface area contributed by atoms with E-state index in [1.807, 2.05) is 0 Å². The first-order valence-electron chi connectivity index (χ1n) is 7.97. The molecule has 6 nitrogen and oxygen atoms in total. The average Bonchev–Trinajstić information content (AvgIpc) is 2.87. The lowest BCUT2D eigenvalue weighted by atomic mass is 10.2. The van der Waals surface area contributed by atoms with Crippen molar-refractivity contribution in [2.75, 3.05) is 11.9 Å². The van der Waals surface area contributed by atoms with Crippen LogP contribution in [0.5, 0.6) is 0 Å². The second-order valence-electron chi connectivity index (χ2n) is 5.39. The molecule has 0 aliphatic carbocycles. The van der Waals surface area contributed by atoms with E-state index >= 15 is 0 Å². The van der Waals surface area contributed by atoms with Crippen LogP contribution in [0, 0.1) is 0 Å². The highest BCUT2D eigenvalue weighted by Gasteiger charge is 2.09. The molecule has 2 rings (SSSR count). The Kier molecular flexibility index (Phi) is 5.78. The number of aryl methyl sites for hydroxylation is 1. The third kappa shape index (κ3) is 4.31. The van der Waals surface area contributed by atoms with Crippen LogP contribution in [0.2, 0.25) is 0 Å². The molecule has 3 N–H and O–H groups in total. The molecule has 0 saturated heterocycles. The maximum absolute atomic E-state index is 12.0. The number of aromatic nitrogens is 4. The summed E-state index contributed by atoms with van der Waals surface area (Å²) in [5.74, 6) is 1.36. The Balaban J connectivity index is 2.07. The van der Waals surface area contributed by atoms with Gasteiger partial charge in [0, 0.05) is 13.0 Å². The van der Waals surface area contributed by atoms with E-state index in [-0.39, 0.29) is 5.56 Å². The van der Waals surface area contributed by atoms with Crippen molar-refractivity contribution in [1.82, 2.24) is 19.9 Å². The van der Waals surface area contributed by atoms with Gasteiger partial charge in [0.25, 0.3) is 5.56 Å². The Morgan fingerprint density at radius 2 is 1.76 bits per heavy atom. The monoisotopic (exact) mass is 291 g/mol. The zero-order valence-corrected chi connectivity index (χ0v) is 13.0. The summed E-state index contributed by atoms with van der Waals surface area (Å²) in [6.07, 6.45) is 7.70. The first-order chi connectivity index (χ1) is 10.2. The summed E-state index contributed by atoms with van der Waals surface area (Å²) in [5.41, 5.74) is 0.816. The Hall–Kier alpha value is -1.85. The zero-order valence-electron chi connectivity index (χ0n) is 13.0. The first-order valence-corrected chi connectivity index (χ1v) is 7.97. The molecule has 0 fully saturated rings. The molecular formula is C15H25N5O. The van der Waals surface area contributed by atoms with Crippen molar-refractivity contribution in [3.05, 3.63) is 16.2 Å². The van der Waals surface area contributed by atoms with Crippen molar-refractivity contribution in [1.29, 1.82) is 0 Å². The molecule has 0 atom stereocenters. The van der Waals surface area contributed by atoms with Crippen LogP contribution in [-0.4, -0.2) is 26.5 Å². The summed E-state index contributed by atoms with van der Waals surface area (Å²) < 4.78 is 0. The molecule has 0 spiro atoms. The van der Waals surface area contributed by atoms with Crippen LogP contribution < -0.4 is 10.9 Å². The molecule has 2 aromatic heterocycles. The highest BCUT2D eigenvalue weighted by Crippen LogP contribution is 2.09. The van der Waals surface area contributed by atoms with Gasteiger partial charge in [-0.1, -0.05) is 39.5 Å². The summed E-state index contributed by atoms with van der Waals surface area (Å²) in [5, 5.41) is 3.15. The quantitative estimate of drug-likeness (QED) is 0.620. The lowest BCUT2D eigenvalue weighted by Crippen LogP contribution is -2.14. The number of nitrogens with zero attached hydrogens (tertiary/aromatic N) is 2. The second-order valence-corrected chi connectivity index (χ2v) is 5.39. The number of imidazole rings is 1. The molecule has 0 aliphatic heterocycles. The highest BCUT2D eigenvalue weighted by molar-refractivity contribution is 5.70. The lowest BCUT2D eigenvalue weighted by Gasteiger charge is -2.03. The van der Waals surface area contributed by atoms with E-state index in [1.165, 1.54) is 25.7 Å². The average molecular weight is 291 g/mol. The third-order valence-corrected chi connectivity index (χ3v) is 3.50. The number of nitrogens with one attached hydrogen (secondary N) is 3. The van der Waals surface area contributed by atoms with Gasteiger partial charge in [-0.05, 0) is 12.8 Å². The van der Waals surface area contributed by atoms with Gasteiger partial charge in [0.15, 0.2) is 11.2 Å². The zero-order chi connectivity index (χ0) is 15.1. The summed E-state index contributed by atoms with van der Waals surface area (Å²) >= 11 is 0. The summed E-state index contributed by atoms with van der Waals surface area (Å²) in [4.78, 5) is 26.7. The second kappa shape index (κ2) is 7.81. The van der Waals surface area contributed by atoms with Crippen LogP contribution in [-0.2, 0) is 6.42 Å². The molecule has 0 radical (unpaired) electrons. The van der Waals surface area contributed by atoms with Crippen LogP contribution >= 0.6 is 0 Å². The molecular weight excluding hydrogens is 266 g/mol. The first kappa shape index (κ1) is 15.5. The topological polar surface area (TPSA) is 86.5 Å². The molecule has 2 aromatic rings. The number of unbranched alkanes of at least 4 members (excludes halogenated alkanes) is 4. The van der Waals surface area contributed by atoms with Crippen LogP contribution in [0.3, 0.4) is 0 Å². The van der Waals surface area contributed by atoms with Gasteiger partial charge in [0.05, 0.1) is 0 Å². The molecule has 21 heavy (non-hydrogen) atoms. The normalized spacial score (nSPS) is 11.1. The van der Waals surface area contributed by atoms with E-state index < -0.39 is 0 Å². The molecule has 0 bridgehead atoms. The van der Waals surface area contributed by atoms with Crippen LogP contribution in [0.4, 0.5) is 5.95 Å². The summed E-state index contributed by atoms with van der Waals surface area (Å²) in [6.45, 7) is 5.15. The van der Waals surface area contributed by atoms with Crippen LogP contribution in [0.15, 0.2) is 4.79 Å². The minimum absolute atomic E-state index is 0.160. The smallest absolute Gasteiger partial charge is 0.278 e. The number of fused-ring (bicyclic) bond motifs is 1. The van der Waals surface area contributed by atoms with E-state index in [9.17, 15) is 4.79 Å².